The fourth-order valence-corrected chi connectivity index (χ4v) is 6.79. The lowest BCUT2D eigenvalue weighted by Gasteiger charge is -2.20. The van der Waals surface area contributed by atoms with Crippen molar-refractivity contribution in [2.24, 2.45) is 0 Å². The van der Waals surface area contributed by atoms with Gasteiger partial charge in [0.1, 0.15) is 31.3 Å². The van der Waals surface area contributed by atoms with E-state index in [1.54, 1.807) is 6.92 Å². The Bertz CT molecular complexity index is 2170. The van der Waals surface area contributed by atoms with E-state index in [9.17, 15) is 19.8 Å². The highest BCUT2D eigenvalue weighted by molar-refractivity contribution is 5.76. The van der Waals surface area contributed by atoms with Crippen molar-refractivity contribution in [3.8, 4) is 34.5 Å². The van der Waals surface area contributed by atoms with Crippen LogP contribution in [0.4, 0.5) is 4.79 Å². The van der Waals surface area contributed by atoms with Crippen LogP contribution < -0.4 is 39.1 Å². The standard InChI is InChI=1S/C26H27NO6.C21H25NO5/c1-18-24(30-15-19-8-4-2-5-9-19)21(13-23-25(18)33-17-32-23)12-22(14-28)27-26(29)31-16-20-10-6-3-7-11-20;1-3-19(24)22-17(11-23)9-16-10-18-21(27-13-26-18)14(2)20(16)25-12-15-7-5-4-6-8-15/h2-11,13,22,28H,12,14-17H2,1H3,(H,27,29);4-8,10,17,23H,3,9,11-13H2,1-2H3,(H,22,24)/t22-;17-/m00/s1. The fourth-order valence-electron chi connectivity index (χ4n) is 6.79. The number of hydrogen-bond donors (Lipinski definition) is 4. The molecular formula is C47H52N2O11. The highest BCUT2D eigenvalue weighted by Crippen LogP contribution is 2.44. The molecule has 0 unspecified atom stereocenters. The van der Waals surface area contributed by atoms with Gasteiger partial charge >= 0.3 is 6.09 Å². The zero-order chi connectivity index (χ0) is 42.3. The maximum atomic E-state index is 12.3. The monoisotopic (exact) mass is 820 g/mol. The van der Waals surface area contributed by atoms with Crippen LogP contribution in [0.5, 0.6) is 34.5 Å². The Morgan fingerprint density at radius 2 is 1.03 bits per heavy atom. The summed E-state index contributed by atoms with van der Waals surface area (Å²) in [6, 6.07) is 31.9. The van der Waals surface area contributed by atoms with Crippen molar-refractivity contribution < 1.29 is 53.0 Å². The van der Waals surface area contributed by atoms with E-state index < -0.39 is 18.2 Å². The van der Waals surface area contributed by atoms with E-state index in [1.807, 2.05) is 117 Å². The molecule has 0 aromatic heterocycles. The molecule has 5 aromatic carbocycles. The van der Waals surface area contributed by atoms with Gasteiger partial charge in [-0.1, -0.05) is 97.9 Å². The van der Waals surface area contributed by atoms with Crippen LogP contribution in [-0.2, 0) is 42.2 Å². The molecule has 60 heavy (non-hydrogen) atoms. The smallest absolute Gasteiger partial charge is 0.407 e. The molecule has 0 radical (unpaired) electrons. The summed E-state index contributed by atoms with van der Waals surface area (Å²) in [5, 5.41) is 25.2. The molecule has 0 fully saturated rings. The Hall–Kier alpha value is -6.44. The van der Waals surface area contributed by atoms with Gasteiger partial charge in [-0.05, 0) is 55.5 Å². The van der Waals surface area contributed by atoms with Crippen molar-refractivity contribution in [1.29, 1.82) is 0 Å². The van der Waals surface area contributed by atoms with Crippen molar-refractivity contribution in [1.82, 2.24) is 10.6 Å². The van der Waals surface area contributed by atoms with Crippen LogP contribution >= 0.6 is 0 Å². The highest BCUT2D eigenvalue weighted by Gasteiger charge is 2.27. The first-order chi connectivity index (χ1) is 29.3. The van der Waals surface area contributed by atoms with Crippen LogP contribution in [0.15, 0.2) is 103 Å². The van der Waals surface area contributed by atoms with Gasteiger partial charge in [-0.15, -0.1) is 0 Å². The molecule has 2 heterocycles. The van der Waals surface area contributed by atoms with E-state index in [-0.39, 0.29) is 39.3 Å². The minimum atomic E-state index is -0.595. The second-order valence-corrected chi connectivity index (χ2v) is 14.3. The van der Waals surface area contributed by atoms with Gasteiger partial charge < -0.3 is 54.0 Å². The molecule has 13 heteroatoms. The molecule has 316 valence electrons. The van der Waals surface area contributed by atoms with Crippen LogP contribution in [0.1, 0.15) is 52.3 Å². The van der Waals surface area contributed by atoms with Gasteiger partial charge in [0.05, 0.1) is 25.3 Å². The maximum Gasteiger partial charge on any atom is 0.407 e. The summed E-state index contributed by atoms with van der Waals surface area (Å²) in [6.45, 7) is 6.47. The molecule has 2 atom stereocenters. The predicted octanol–water partition coefficient (Wildman–Crippen LogP) is 6.86. The average molecular weight is 821 g/mol. The third-order valence-electron chi connectivity index (χ3n) is 9.89. The summed E-state index contributed by atoms with van der Waals surface area (Å²) in [4.78, 5) is 24.0. The Morgan fingerprint density at radius 3 is 1.45 bits per heavy atom. The van der Waals surface area contributed by atoms with E-state index in [4.69, 9.17) is 33.2 Å². The molecule has 0 aliphatic carbocycles. The number of ether oxygens (including phenoxy) is 7. The SMILES string of the molecule is CCC(=O)N[C@H](CO)Cc1cc2c(c(C)c1OCc1ccccc1)OCO2.Cc1c(OCc2ccccc2)c(C[C@@H](CO)NC(=O)OCc2ccccc2)cc2c1OCO2. The minimum Gasteiger partial charge on any atom is -0.488 e. The Kier molecular flexibility index (Phi) is 15.5. The number of fused-ring (bicyclic) bond motifs is 2. The average Bonchev–Trinajstić information content (AvgIpc) is 3.97. The number of rotatable bonds is 17. The highest BCUT2D eigenvalue weighted by atomic mass is 16.7. The summed E-state index contributed by atoms with van der Waals surface area (Å²) in [5.74, 6) is 3.87. The lowest BCUT2D eigenvalue weighted by atomic mass is 10.0. The minimum absolute atomic E-state index is 0.0988. The van der Waals surface area contributed by atoms with Crippen LogP contribution in [0.25, 0.3) is 0 Å². The van der Waals surface area contributed by atoms with Crippen molar-refractivity contribution >= 4 is 12.0 Å². The first-order valence-corrected chi connectivity index (χ1v) is 19.9. The van der Waals surface area contributed by atoms with Crippen LogP contribution in [-0.4, -0.2) is 61.1 Å². The largest absolute Gasteiger partial charge is 0.488 e. The molecule has 4 N–H and O–H groups in total. The summed E-state index contributed by atoms with van der Waals surface area (Å²) in [7, 11) is 0. The molecule has 2 amide bonds. The quantitative estimate of drug-likeness (QED) is 0.0775. The second kappa shape index (κ2) is 21.5. The fraction of sp³-hybridized carbons (Fsp3) is 0.319. The van der Waals surface area contributed by atoms with Gasteiger partial charge in [0.25, 0.3) is 0 Å². The number of hydrogen-bond acceptors (Lipinski definition) is 11. The Morgan fingerprint density at radius 1 is 0.617 bits per heavy atom. The molecule has 2 aliphatic heterocycles. The molecule has 0 saturated heterocycles. The number of amides is 2. The van der Waals surface area contributed by atoms with Crippen LogP contribution in [0.3, 0.4) is 0 Å². The van der Waals surface area contributed by atoms with Crippen molar-refractivity contribution in [2.45, 2.75) is 71.9 Å². The number of aliphatic hydroxyl groups is 2. The van der Waals surface area contributed by atoms with Gasteiger partial charge in [0.2, 0.25) is 19.5 Å². The summed E-state index contributed by atoms with van der Waals surface area (Å²) in [5.41, 5.74) is 6.31. The topological polar surface area (TPSA) is 163 Å². The molecular weight excluding hydrogens is 769 g/mol. The number of benzene rings is 5. The van der Waals surface area contributed by atoms with Gasteiger partial charge in [0.15, 0.2) is 23.0 Å². The second-order valence-electron chi connectivity index (χ2n) is 14.3. The summed E-state index contributed by atoms with van der Waals surface area (Å²) in [6.07, 6.45) is 0.540. The molecule has 13 nitrogen and oxygen atoms in total. The third-order valence-corrected chi connectivity index (χ3v) is 9.89. The number of carbonyl (C=O) groups is 2. The molecule has 2 aliphatic rings. The zero-order valence-electron chi connectivity index (χ0n) is 34.1. The predicted molar refractivity (Wildman–Crippen MR) is 224 cm³/mol. The first-order valence-electron chi connectivity index (χ1n) is 19.9. The van der Waals surface area contributed by atoms with Crippen LogP contribution in [0.2, 0.25) is 0 Å². The molecule has 0 spiro atoms. The number of alkyl carbamates (subject to hydrolysis) is 1. The molecule has 0 bridgehead atoms. The number of aliphatic hydroxyl groups excluding tert-OH is 2. The summed E-state index contributed by atoms with van der Waals surface area (Å²) >= 11 is 0. The lowest BCUT2D eigenvalue weighted by Crippen LogP contribution is -2.39. The van der Waals surface area contributed by atoms with E-state index in [0.717, 1.165) is 38.9 Å². The van der Waals surface area contributed by atoms with Crippen LogP contribution in [0, 0.1) is 13.8 Å². The lowest BCUT2D eigenvalue weighted by molar-refractivity contribution is -0.121. The molecule has 0 saturated carbocycles. The summed E-state index contributed by atoms with van der Waals surface area (Å²) < 4.78 is 39.9. The molecule has 7 rings (SSSR count). The van der Waals surface area contributed by atoms with Gasteiger partial charge in [-0.2, -0.15) is 0 Å². The number of nitrogens with one attached hydrogen (secondary N) is 2. The van der Waals surface area contributed by atoms with Crippen molar-refractivity contribution in [3.05, 3.63) is 142 Å². The van der Waals surface area contributed by atoms with E-state index in [2.05, 4.69) is 10.6 Å². The third kappa shape index (κ3) is 11.6. The normalized spacial score (nSPS) is 13.0. The van der Waals surface area contributed by atoms with Crippen molar-refractivity contribution in [3.63, 3.8) is 0 Å². The molecule has 5 aromatic rings. The Labute approximate surface area is 350 Å². The van der Waals surface area contributed by atoms with Gasteiger partial charge in [0, 0.05) is 28.7 Å². The van der Waals surface area contributed by atoms with Gasteiger partial charge in [-0.3, -0.25) is 4.79 Å². The van der Waals surface area contributed by atoms with Crippen molar-refractivity contribution in [2.75, 3.05) is 26.8 Å². The van der Waals surface area contributed by atoms with E-state index in [1.165, 1.54) is 0 Å². The zero-order valence-corrected chi connectivity index (χ0v) is 34.1. The maximum absolute atomic E-state index is 12.3. The van der Waals surface area contributed by atoms with E-state index in [0.29, 0.717) is 67.0 Å². The Balaban J connectivity index is 0.000000205. The van der Waals surface area contributed by atoms with E-state index >= 15 is 0 Å². The number of carbonyl (C=O) groups excluding carboxylic acids is 2. The first kappa shape index (κ1) is 43.1. The van der Waals surface area contributed by atoms with Gasteiger partial charge in [-0.25, -0.2) is 4.79 Å².